The van der Waals surface area contributed by atoms with Gasteiger partial charge < -0.3 is 0 Å². The molecule has 2 aromatic rings. The van der Waals surface area contributed by atoms with Crippen molar-refractivity contribution in [1.29, 1.82) is 0 Å². The molecule has 0 fully saturated rings. The van der Waals surface area contributed by atoms with Crippen LogP contribution >= 0.6 is 11.6 Å². The fourth-order valence-electron chi connectivity index (χ4n) is 2.11. The first kappa shape index (κ1) is 20.0. The fourth-order valence-corrected chi connectivity index (χ4v) is 2.93. The van der Waals surface area contributed by atoms with E-state index in [1.165, 1.54) is 0 Å². The minimum atomic E-state index is -4.98. The van der Waals surface area contributed by atoms with Crippen LogP contribution in [0.5, 0.6) is 0 Å². The Kier molecular flexibility index (Phi) is 4.94. The maximum absolute atomic E-state index is 14.2. The zero-order valence-corrected chi connectivity index (χ0v) is 14.6. The van der Waals surface area contributed by atoms with Gasteiger partial charge in [-0.3, -0.25) is 14.1 Å². The second-order valence-corrected chi connectivity index (χ2v) is 7.36. The molecule has 1 N–H and O–H groups in total. The van der Waals surface area contributed by atoms with Gasteiger partial charge in [-0.15, -0.1) is 0 Å². The van der Waals surface area contributed by atoms with Crippen LogP contribution in [0.3, 0.4) is 0 Å². The van der Waals surface area contributed by atoms with Crippen LogP contribution in [0.25, 0.3) is 5.69 Å². The molecule has 1 aromatic heterocycles. The van der Waals surface area contributed by atoms with Crippen LogP contribution in [-0.2, 0) is 23.2 Å². The number of hydrogen-bond donors (Lipinski definition) is 1. The van der Waals surface area contributed by atoms with Gasteiger partial charge in [0.25, 0.3) is 5.56 Å². The molecule has 0 amide bonds. The molecule has 7 nitrogen and oxygen atoms in total. The Morgan fingerprint density at radius 2 is 1.73 bits per heavy atom. The number of benzene rings is 1. The van der Waals surface area contributed by atoms with Crippen LogP contribution in [0.2, 0.25) is 5.02 Å². The predicted molar refractivity (Wildman–Crippen MR) is 85.7 cm³/mol. The summed E-state index contributed by atoms with van der Waals surface area (Å²) in [6.45, 7) is 0. The van der Waals surface area contributed by atoms with Crippen molar-refractivity contribution >= 4 is 27.3 Å². The average molecular weight is 416 g/mol. The molecule has 0 aliphatic heterocycles. The molecule has 0 atom stereocenters. The Morgan fingerprint density at radius 1 is 1.15 bits per heavy atom. The molecule has 0 radical (unpaired) electrons. The topological polar surface area (TPSA) is 90.2 Å². The summed E-state index contributed by atoms with van der Waals surface area (Å²) in [5, 5.41) is -0.381. The Hall–Kier alpha value is -2.34. The van der Waals surface area contributed by atoms with E-state index in [0.717, 1.165) is 19.4 Å². The van der Waals surface area contributed by atoms with E-state index in [1.54, 1.807) is 0 Å². The molecular formula is C13H10ClF4N3O4S. The smallest absolute Gasteiger partial charge is 0.292 e. The maximum Gasteiger partial charge on any atom is 0.431 e. The van der Waals surface area contributed by atoms with Crippen LogP contribution in [0.15, 0.2) is 27.8 Å². The monoisotopic (exact) mass is 415 g/mol. The van der Waals surface area contributed by atoms with Gasteiger partial charge in [-0.1, -0.05) is 11.6 Å². The van der Waals surface area contributed by atoms with Crippen molar-refractivity contribution in [3.63, 3.8) is 0 Å². The lowest BCUT2D eigenvalue weighted by Gasteiger charge is -2.15. The molecule has 0 aliphatic carbocycles. The second-order valence-electron chi connectivity index (χ2n) is 5.20. The number of hydrogen-bond acceptors (Lipinski definition) is 4. The van der Waals surface area contributed by atoms with Crippen molar-refractivity contribution < 1.29 is 26.0 Å². The lowest BCUT2D eigenvalue weighted by molar-refractivity contribution is -0.144. The van der Waals surface area contributed by atoms with Gasteiger partial charge in [-0.2, -0.15) is 13.2 Å². The molecular weight excluding hydrogens is 406 g/mol. The number of aromatic nitrogens is 2. The van der Waals surface area contributed by atoms with Crippen molar-refractivity contribution in [2.45, 2.75) is 6.18 Å². The van der Waals surface area contributed by atoms with Gasteiger partial charge in [-0.05, 0) is 12.1 Å². The van der Waals surface area contributed by atoms with E-state index in [9.17, 15) is 35.6 Å². The Balaban J connectivity index is 2.82. The van der Waals surface area contributed by atoms with Crippen molar-refractivity contribution in [2.75, 3.05) is 11.0 Å². The molecule has 0 unspecified atom stereocenters. The summed E-state index contributed by atoms with van der Waals surface area (Å²) in [7, 11) is -3.09. The molecule has 0 spiro atoms. The van der Waals surface area contributed by atoms with Gasteiger partial charge in [0.2, 0.25) is 10.0 Å². The van der Waals surface area contributed by atoms with Crippen molar-refractivity contribution in [3.05, 3.63) is 55.6 Å². The second kappa shape index (κ2) is 6.43. The standard InChI is InChI=1S/C13H10ClF4N3O4S/c1-20-10(13(16,17)18)5-11(22)21(12(20)23)9-4-8(19-26(2,24)25)6(14)3-7(9)15/h3-5,19H,1-2H3. The van der Waals surface area contributed by atoms with Crippen molar-refractivity contribution in [3.8, 4) is 5.69 Å². The normalized spacial score (nSPS) is 12.3. The highest BCUT2D eigenvalue weighted by Crippen LogP contribution is 2.29. The van der Waals surface area contributed by atoms with Crippen molar-refractivity contribution in [2.24, 2.45) is 7.05 Å². The van der Waals surface area contributed by atoms with Gasteiger partial charge in [0.05, 0.1) is 22.7 Å². The fraction of sp³-hybridized carbons (Fsp3) is 0.231. The van der Waals surface area contributed by atoms with E-state index in [4.69, 9.17) is 11.6 Å². The van der Waals surface area contributed by atoms with Gasteiger partial charge in [0, 0.05) is 13.1 Å². The summed E-state index contributed by atoms with van der Waals surface area (Å²) in [6, 6.07) is 1.47. The molecule has 0 saturated carbocycles. The highest BCUT2D eigenvalue weighted by Gasteiger charge is 2.35. The minimum Gasteiger partial charge on any atom is -0.292 e. The minimum absolute atomic E-state index is 0.124. The van der Waals surface area contributed by atoms with Crippen molar-refractivity contribution in [1.82, 2.24) is 9.13 Å². The van der Waals surface area contributed by atoms with E-state index < -0.39 is 44.6 Å². The van der Waals surface area contributed by atoms with Crippen LogP contribution in [0.1, 0.15) is 5.69 Å². The number of sulfonamides is 1. The molecule has 0 saturated heterocycles. The first-order valence-electron chi connectivity index (χ1n) is 6.60. The highest BCUT2D eigenvalue weighted by molar-refractivity contribution is 7.92. The van der Waals surface area contributed by atoms with Gasteiger partial charge in [0.1, 0.15) is 11.5 Å². The highest BCUT2D eigenvalue weighted by atomic mass is 35.5. The van der Waals surface area contributed by atoms with E-state index in [1.807, 2.05) is 4.72 Å². The van der Waals surface area contributed by atoms with Gasteiger partial charge >= 0.3 is 11.9 Å². The zero-order valence-electron chi connectivity index (χ0n) is 13.1. The summed E-state index contributed by atoms with van der Waals surface area (Å²) in [5.41, 5.74) is -5.57. The molecule has 2 rings (SSSR count). The largest absolute Gasteiger partial charge is 0.431 e. The maximum atomic E-state index is 14.2. The van der Waals surface area contributed by atoms with E-state index in [0.29, 0.717) is 6.07 Å². The van der Waals surface area contributed by atoms with E-state index in [-0.39, 0.29) is 25.9 Å². The number of nitrogens with one attached hydrogen (secondary N) is 1. The summed E-state index contributed by atoms with van der Waals surface area (Å²) in [6.07, 6.45) is -4.20. The number of halogens is 5. The van der Waals surface area contributed by atoms with Gasteiger partial charge in [-0.25, -0.2) is 22.2 Å². The number of anilines is 1. The summed E-state index contributed by atoms with van der Waals surface area (Å²) >= 11 is 5.70. The summed E-state index contributed by atoms with van der Waals surface area (Å²) in [4.78, 5) is 24.2. The lowest BCUT2D eigenvalue weighted by Crippen LogP contribution is -2.41. The third kappa shape index (κ3) is 3.90. The van der Waals surface area contributed by atoms with E-state index in [2.05, 4.69) is 0 Å². The van der Waals surface area contributed by atoms with Gasteiger partial charge in [0.15, 0.2) is 0 Å². The van der Waals surface area contributed by atoms with Crippen LogP contribution in [0, 0.1) is 5.82 Å². The first-order valence-corrected chi connectivity index (χ1v) is 8.87. The quantitative estimate of drug-likeness (QED) is 0.773. The zero-order chi connectivity index (χ0) is 20.0. The first-order chi connectivity index (χ1) is 11.7. The summed E-state index contributed by atoms with van der Waals surface area (Å²) in [5.74, 6) is -1.21. The Morgan fingerprint density at radius 3 is 2.23 bits per heavy atom. The molecule has 1 heterocycles. The average Bonchev–Trinajstić information content (AvgIpc) is 2.45. The molecule has 26 heavy (non-hydrogen) atoms. The predicted octanol–water partition coefficient (Wildman–Crippen LogP) is 1.72. The molecule has 0 aliphatic rings. The number of alkyl halides is 3. The number of rotatable bonds is 3. The van der Waals surface area contributed by atoms with Crippen LogP contribution in [-0.4, -0.2) is 23.8 Å². The third-order valence-corrected chi connectivity index (χ3v) is 4.09. The van der Waals surface area contributed by atoms with Crippen LogP contribution < -0.4 is 16.0 Å². The Labute approximate surface area is 148 Å². The summed E-state index contributed by atoms with van der Waals surface area (Å²) < 4.78 is 77.5. The number of nitrogens with zero attached hydrogens (tertiary/aromatic N) is 2. The molecule has 1 aromatic carbocycles. The third-order valence-electron chi connectivity index (χ3n) is 3.18. The molecule has 13 heteroatoms. The van der Waals surface area contributed by atoms with Crippen LogP contribution in [0.4, 0.5) is 23.2 Å². The Bertz CT molecular complexity index is 1110. The molecule has 142 valence electrons. The lowest BCUT2D eigenvalue weighted by atomic mass is 10.2. The SMILES string of the molecule is Cn1c(C(F)(F)F)cc(=O)n(-c2cc(NS(C)(=O)=O)c(Cl)cc2F)c1=O. The van der Waals surface area contributed by atoms with E-state index >= 15 is 0 Å². The molecule has 0 bridgehead atoms.